The number of azo groups is 1. The Balaban J connectivity index is 1.93. The Kier molecular flexibility index (Phi) is 4.66. The molecule has 0 aliphatic heterocycles. The molecule has 0 fully saturated rings. The van der Waals surface area contributed by atoms with Crippen LogP contribution in [-0.4, -0.2) is 21.6 Å². The van der Waals surface area contributed by atoms with Crippen LogP contribution in [0.2, 0.25) is 0 Å². The van der Waals surface area contributed by atoms with E-state index in [-0.39, 0.29) is 24.0 Å². The third-order valence-electron chi connectivity index (χ3n) is 3.77. The number of aromatic nitrogens is 1. The first-order valence-electron chi connectivity index (χ1n) is 7.83. The number of carbonyl (C=O) groups excluding carboxylic acids is 2. The standard InChI is InChI=1S/C18H17N5O3/c1-11-5-4-6-12(9-11)20-15(24)10-23-14-8-3-2-7-13(14)16(17(23)25)21-22-18(19)26/h2-9,25H,10H2,1H3,(H2,19,26)(H,20,24). The van der Waals surface area contributed by atoms with Crippen molar-refractivity contribution in [3.63, 3.8) is 0 Å². The summed E-state index contributed by atoms with van der Waals surface area (Å²) < 4.78 is 1.40. The number of nitrogens with two attached hydrogens (primary N) is 1. The third-order valence-corrected chi connectivity index (χ3v) is 3.77. The Morgan fingerprint density at radius 1 is 1.19 bits per heavy atom. The molecule has 2 aromatic carbocycles. The Morgan fingerprint density at radius 3 is 2.69 bits per heavy atom. The number of nitrogens with zero attached hydrogens (tertiary/aromatic N) is 3. The molecular weight excluding hydrogens is 334 g/mol. The Bertz CT molecular complexity index is 1020. The summed E-state index contributed by atoms with van der Waals surface area (Å²) in [6.07, 6.45) is 0. The van der Waals surface area contributed by atoms with Crippen LogP contribution in [0.4, 0.5) is 16.2 Å². The van der Waals surface area contributed by atoms with Gasteiger partial charge in [0.15, 0.2) is 5.69 Å². The summed E-state index contributed by atoms with van der Waals surface area (Å²) in [4.78, 5) is 23.2. The molecule has 26 heavy (non-hydrogen) atoms. The number of aromatic hydroxyl groups is 1. The highest BCUT2D eigenvalue weighted by Crippen LogP contribution is 2.38. The molecule has 3 amide bonds. The molecule has 3 rings (SSSR count). The van der Waals surface area contributed by atoms with E-state index in [2.05, 4.69) is 15.5 Å². The van der Waals surface area contributed by atoms with Crippen molar-refractivity contribution in [2.45, 2.75) is 13.5 Å². The predicted octanol–water partition coefficient (Wildman–Crippen LogP) is 3.46. The second-order valence-electron chi connectivity index (χ2n) is 5.73. The molecule has 8 heteroatoms. The fraction of sp³-hybridized carbons (Fsp3) is 0.111. The molecule has 1 heterocycles. The molecule has 4 N–H and O–H groups in total. The van der Waals surface area contributed by atoms with Crippen LogP contribution in [0.15, 0.2) is 58.8 Å². The van der Waals surface area contributed by atoms with Crippen LogP contribution in [0.5, 0.6) is 5.88 Å². The molecule has 0 aliphatic rings. The number of aryl methyl sites for hydroxylation is 1. The van der Waals surface area contributed by atoms with Crippen molar-refractivity contribution >= 4 is 34.2 Å². The number of urea groups is 1. The van der Waals surface area contributed by atoms with Gasteiger partial charge < -0.3 is 20.7 Å². The summed E-state index contributed by atoms with van der Waals surface area (Å²) >= 11 is 0. The lowest BCUT2D eigenvalue weighted by Gasteiger charge is -2.09. The third kappa shape index (κ3) is 3.54. The number of amides is 3. The highest BCUT2D eigenvalue weighted by Gasteiger charge is 2.18. The fourth-order valence-corrected chi connectivity index (χ4v) is 2.70. The summed E-state index contributed by atoms with van der Waals surface area (Å²) in [6.45, 7) is 1.79. The van der Waals surface area contributed by atoms with E-state index in [1.54, 1.807) is 30.3 Å². The van der Waals surface area contributed by atoms with Gasteiger partial charge in [0.1, 0.15) is 6.54 Å². The maximum Gasteiger partial charge on any atom is 0.356 e. The van der Waals surface area contributed by atoms with Crippen molar-refractivity contribution < 1.29 is 14.7 Å². The quantitative estimate of drug-likeness (QED) is 0.624. The van der Waals surface area contributed by atoms with Crippen LogP contribution in [0.25, 0.3) is 10.9 Å². The number of anilines is 1. The number of nitrogens with one attached hydrogen (secondary N) is 1. The van der Waals surface area contributed by atoms with Gasteiger partial charge >= 0.3 is 6.03 Å². The Labute approximate surface area is 149 Å². The number of fused-ring (bicyclic) bond motifs is 1. The number of rotatable bonds is 4. The van der Waals surface area contributed by atoms with E-state index >= 15 is 0 Å². The van der Waals surface area contributed by atoms with Gasteiger partial charge in [-0.15, -0.1) is 5.11 Å². The normalized spacial score (nSPS) is 11.1. The average Bonchev–Trinajstić information content (AvgIpc) is 2.85. The van der Waals surface area contributed by atoms with Crippen molar-refractivity contribution in [3.8, 4) is 5.88 Å². The minimum Gasteiger partial charge on any atom is -0.493 e. The minimum absolute atomic E-state index is 0.0859. The van der Waals surface area contributed by atoms with Gasteiger partial charge in [0.05, 0.1) is 5.52 Å². The average molecular weight is 351 g/mol. The van der Waals surface area contributed by atoms with Gasteiger partial charge in [-0.3, -0.25) is 4.79 Å². The molecule has 3 aromatic rings. The number of para-hydroxylation sites is 1. The molecule has 0 spiro atoms. The first-order valence-corrected chi connectivity index (χ1v) is 7.83. The lowest BCUT2D eigenvalue weighted by molar-refractivity contribution is -0.116. The molecular formula is C18H17N5O3. The number of benzene rings is 2. The largest absolute Gasteiger partial charge is 0.493 e. The second kappa shape index (κ2) is 7.06. The maximum absolute atomic E-state index is 12.4. The van der Waals surface area contributed by atoms with Gasteiger partial charge in [-0.2, -0.15) is 0 Å². The predicted molar refractivity (Wildman–Crippen MR) is 97.5 cm³/mol. The topological polar surface area (TPSA) is 122 Å². The number of primary amides is 1. The van der Waals surface area contributed by atoms with Gasteiger partial charge in [0.25, 0.3) is 0 Å². The Morgan fingerprint density at radius 2 is 1.96 bits per heavy atom. The molecule has 132 valence electrons. The Hall–Kier alpha value is -3.68. The second-order valence-corrected chi connectivity index (χ2v) is 5.73. The van der Waals surface area contributed by atoms with Crippen LogP contribution in [-0.2, 0) is 11.3 Å². The molecule has 0 saturated carbocycles. The molecule has 0 unspecified atom stereocenters. The van der Waals surface area contributed by atoms with Crippen molar-refractivity contribution in [1.29, 1.82) is 0 Å². The van der Waals surface area contributed by atoms with Crippen LogP contribution >= 0.6 is 0 Å². The monoisotopic (exact) mass is 351 g/mol. The number of hydrogen-bond acceptors (Lipinski definition) is 4. The molecule has 0 bridgehead atoms. The molecule has 0 atom stereocenters. The van der Waals surface area contributed by atoms with Crippen LogP contribution in [0.3, 0.4) is 0 Å². The van der Waals surface area contributed by atoms with Crippen LogP contribution in [0.1, 0.15) is 5.56 Å². The van der Waals surface area contributed by atoms with E-state index in [0.29, 0.717) is 16.6 Å². The SMILES string of the molecule is Cc1cccc(NC(=O)Cn2c(O)c(N=NC(N)=O)c3ccccc32)c1. The van der Waals surface area contributed by atoms with Gasteiger partial charge in [-0.1, -0.05) is 35.4 Å². The molecule has 0 aliphatic carbocycles. The number of carbonyl (C=O) groups is 2. The molecule has 8 nitrogen and oxygen atoms in total. The van der Waals surface area contributed by atoms with Crippen molar-refractivity contribution in [2.24, 2.45) is 16.0 Å². The summed E-state index contributed by atoms with van der Waals surface area (Å²) in [5.41, 5.74) is 7.33. The van der Waals surface area contributed by atoms with E-state index in [1.165, 1.54) is 4.57 Å². The zero-order chi connectivity index (χ0) is 18.7. The van der Waals surface area contributed by atoms with Crippen LogP contribution < -0.4 is 11.1 Å². The van der Waals surface area contributed by atoms with Gasteiger partial charge in [0, 0.05) is 11.1 Å². The minimum atomic E-state index is -0.974. The molecule has 1 aromatic heterocycles. The van der Waals surface area contributed by atoms with Crippen molar-refractivity contribution in [1.82, 2.24) is 4.57 Å². The smallest absolute Gasteiger partial charge is 0.356 e. The van der Waals surface area contributed by atoms with Gasteiger partial charge in [-0.25, -0.2) is 4.79 Å². The van der Waals surface area contributed by atoms with Crippen LogP contribution in [0, 0.1) is 6.92 Å². The zero-order valence-corrected chi connectivity index (χ0v) is 14.0. The van der Waals surface area contributed by atoms with E-state index in [1.807, 2.05) is 25.1 Å². The fourth-order valence-electron chi connectivity index (χ4n) is 2.70. The molecule has 0 saturated heterocycles. The van der Waals surface area contributed by atoms with Crippen molar-refractivity contribution in [3.05, 3.63) is 54.1 Å². The first kappa shape index (κ1) is 17.2. The van der Waals surface area contributed by atoms with Gasteiger partial charge in [0.2, 0.25) is 11.8 Å². The van der Waals surface area contributed by atoms with E-state index in [0.717, 1.165) is 5.56 Å². The van der Waals surface area contributed by atoms with E-state index < -0.39 is 6.03 Å². The summed E-state index contributed by atoms with van der Waals surface area (Å²) in [7, 11) is 0. The molecule has 0 radical (unpaired) electrons. The zero-order valence-electron chi connectivity index (χ0n) is 14.0. The maximum atomic E-state index is 12.4. The summed E-state index contributed by atoms with van der Waals surface area (Å²) in [5, 5.41) is 20.8. The highest BCUT2D eigenvalue weighted by molar-refractivity contribution is 5.98. The lowest BCUT2D eigenvalue weighted by atomic mass is 10.2. The van der Waals surface area contributed by atoms with E-state index in [4.69, 9.17) is 5.73 Å². The van der Waals surface area contributed by atoms with E-state index in [9.17, 15) is 14.7 Å². The number of hydrogen-bond donors (Lipinski definition) is 3. The highest BCUT2D eigenvalue weighted by atomic mass is 16.3. The first-order chi connectivity index (χ1) is 12.5. The van der Waals surface area contributed by atoms with Gasteiger partial charge in [-0.05, 0) is 30.7 Å². The summed E-state index contributed by atoms with van der Waals surface area (Å²) in [5.74, 6) is -0.583. The summed E-state index contributed by atoms with van der Waals surface area (Å²) in [6, 6.07) is 13.4. The van der Waals surface area contributed by atoms with Crippen molar-refractivity contribution in [2.75, 3.05) is 5.32 Å². The lowest BCUT2D eigenvalue weighted by Crippen LogP contribution is -2.18.